The first-order chi connectivity index (χ1) is 9.13. The normalized spacial score (nSPS) is 12.6. The number of hydrogen-bond acceptors (Lipinski definition) is 3. The van der Waals surface area contributed by atoms with Crippen molar-refractivity contribution in [3.8, 4) is 0 Å². The predicted molar refractivity (Wildman–Crippen MR) is 79.8 cm³/mol. The number of aromatic nitrogens is 3. The van der Waals surface area contributed by atoms with E-state index in [-0.39, 0.29) is 6.04 Å². The molecule has 0 aliphatic rings. The average Bonchev–Trinajstić information content (AvgIpc) is 2.81. The summed E-state index contributed by atoms with van der Waals surface area (Å²) in [6.45, 7) is 5.08. The zero-order valence-electron chi connectivity index (χ0n) is 11.3. The van der Waals surface area contributed by atoms with Crippen molar-refractivity contribution in [2.75, 3.05) is 0 Å². The Morgan fingerprint density at radius 3 is 2.74 bits per heavy atom. The van der Waals surface area contributed by atoms with E-state index >= 15 is 0 Å². The number of halogens is 1. The molecule has 1 unspecified atom stereocenters. The van der Waals surface area contributed by atoms with E-state index in [1.807, 2.05) is 16.8 Å². The van der Waals surface area contributed by atoms with Crippen LogP contribution in [0.1, 0.15) is 37.0 Å². The molecule has 4 nitrogen and oxygen atoms in total. The highest BCUT2D eigenvalue weighted by Gasteiger charge is 2.13. The van der Waals surface area contributed by atoms with Crippen LogP contribution in [0.15, 0.2) is 28.9 Å². The predicted octanol–water partition coefficient (Wildman–Crippen LogP) is 2.87. The Bertz CT molecular complexity index is 533. The van der Waals surface area contributed by atoms with E-state index in [0.29, 0.717) is 0 Å². The van der Waals surface area contributed by atoms with Gasteiger partial charge in [0.15, 0.2) is 0 Å². The summed E-state index contributed by atoms with van der Waals surface area (Å²) in [5.41, 5.74) is 9.44. The van der Waals surface area contributed by atoms with Crippen molar-refractivity contribution in [3.05, 3.63) is 46.0 Å². The summed E-state index contributed by atoms with van der Waals surface area (Å²) in [6.07, 6.45) is 3.49. The third-order valence-electron chi connectivity index (χ3n) is 3.13. The Hall–Kier alpha value is -1.20. The van der Waals surface area contributed by atoms with Gasteiger partial charge in [0.05, 0.1) is 17.4 Å². The molecule has 0 saturated heterocycles. The fourth-order valence-corrected chi connectivity index (χ4v) is 2.30. The molecule has 0 saturated carbocycles. The highest BCUT2D eigenvalue weighted by Crippen LogP contribution is 2.17. The van der Waals surface area contributed by atoms with Gasteiger partial charge in [-0.3, -0.25) is 9.67 Å². The molecule has 0 aromatic carbocycles. The SMILES string of the molecule is CCc1cc(CC(N)c2ccc(Br)cn2)n(CC)n1. The number of hydrogen-bond donors (Lipinski definition) is 1. The summed E-state index contributed by atoms with van der Waals surface area (Å²) in [5.74, 6) is 0. The molecule has 0 aliphatic carbocycles. The van der Waals surface area contributed by atoms with Gasteiger partial charge in [0.2, 0.25) is 0 Å². The molecule has 5 heteroatoms. The van der Waals surface area contributed by atoms with E-state index < -0.39 is 0 Å². The van der Waals surface area contributed by atoms with Gasteiger partial charge in [-0.15, -0.1) is 0 Å². The molecular weight excluding hydrogens is 304 g/mol. The van der Waals surface area contributed by atoms with Gasteiger partial charge in [-0.1, -0.05) is 6.92 Å². The van der Waals surface area contributed by atoms with E-state index in [0.717, 1.165) is 35.2 Å². The molecule has 2 N–H and O–H groups in total. The van der Waals surface area contributed by atoms with Gasteiger partial charge < -0.3 is 5.73 Å². The molecule has 0 bridgehead atoms. The maximum absolute atomic E-state index is 6.23. The maximum atomic E-state index is 6.23. The standard InChI is InChI=1S/C14H19BrN4/c1-3-11-7-12(19(4-2)18-11)8-13(16)14-6-5-10(15)9-17-14/h5-7,9,13H,3-4,8,16H2,1-2H3. The van der Waals surface area contributed by atoms with Crippen LogP contribution in [0.3, 0.4) is 0 Å². The first kappa shape index (κ1) is 14.2. The number of nitrogens with zero attached hydrogens (tertiary/aromatic N) is 3. The summed E-state index contributed by atoms with van der Waals surface area (Å²) in [6, 6.07) is 5.97. The van der Waals surface area contributed by atoms with Crippen molar-refractivity contribution in [3.63, 3.8) is 0 Å². The van der Waals surface area contributed by atoms with Gasteiger partial charge in [-0.05, 0) is 47.5 Å². The Morgan fingerprint density at radius 1 is 1.37 bits per heavy atom. The number of aryl methyl sites for hydroxylation is 2. The highest BCUT2D eigenvalue weighted by atomic mass is 79.9. The average molecular weight is 323 g/mol. The number of rotatable bonds is 5. The molecular formula is C14H19BrN4. The molecule has 102 valence electrons. The van der Waals surface area contributed by atoms with Crippen LogP contribution in [0, 0.1) is 0 Å². The van der Waals surface area contributed by atoms with Crippen LogP contribution in [0.2, 0.25) is 0 Å². The van der Waals surface area contributed by atoms with Gasteiger partial charge in [0, 0.05) is 29.3 Å². The van der Waals surface area contributed by atoms with Gasteiger partial charge in [-0.2, -0.15) is 5.10 Å². The quantitative estimate of drug-likeness (QED) is 0.920. The number of pyridine rings is 1. The lowest BCUT2D eigenvalue weighted by Gasteiger charge is -2.12. The van der Waals surface area contributed by atoms with E-state index in [1.54, 1.807) is 6.20 Å². The van der Waals surface area contributed by atoms with Crippen LogP contribution in [0.25, 0.3) is 0 Å². The van der Waals surface area contributed by atoms with Crippen LogP contribution in [-0.2, 0) is 19.4 Å². The zero-order valence-corrected chi connectivity index (χ0v) is 12.9. The minimum Gasteiger partial charge on any atom is -0.322 e. The second-order valence-electron chi connectivity index (χ2n) is 4.51. The molecule has 0 radical (unpaired) electrons. The minimum absolute atomic E-state index is 0.0974. The topological polar surface area (TPSA) is 56.7 Å². The molecule has 19 heavy (non-hydrogen) atoms. The Kier molecular flexibility index (Phi) is 4.71. The largest absolute Gasteiger partial charge is 0.322 e. The van der Waals surface area contributed by atoms with Crippen LogP contribution in [0.5, 0.6) is 0 Å². The molecule has 2 aromatic rings. The summed E-state index contributed by atoms with van der Waals surface area (Å²) in [4.78, 5) is 4.36. The minimum atomic E-state index is -0.0974. The van der Waals surface area contributed by atoms with Gasteiger partial charge >= 0.3 is 0 Å². The fraction of sp³-hybridized carbons (Fsp3) is 0.429. The Balaban J connectivity index is 2.15. The van der Waals surface area contributed by atoms with E-state index in [2.05, 4.69) is 45.9 Å². The van der Waals surface area contributed by atoms with Crippen molar-refractivity contribution in [1.82, 2.24) is 14.8 Å². The van der Waals surface area contributed by atoms with Crippen LogP contribution in [0.4, 0.5) is 0 Å². The first-order valence-electron chi connectivity index (χ1n) is 6.56. The molecule has 2 aromatic heterocycles. The van der Waals surface area contributed by atoms with Crippen LogP contribution < -0.4 is 5.73 Å². The summed E-state index contributed by atoms with van der Waals surface area (Å²) >= 11 is 3.38. The second kappa shape index (κ2) is 6.30. The summed E-state index contributed by atoms with van der Waals surface area (Å²) in [5, 5.41) is 4.54. The maximum Gasteiger partial charge on any atom is 0.0624 e. The highest BCUT2D eigenvalue weighted by molar-refractivity contribution is 9.10. The van der Waals surface area contributed by atoms with E-state index in [9.17, 15) is 0 Å². The van der Waals surface area contributed by atoms with E-state index in [4.69, 9.17) is 5.73 Å². The lowest BCUT2D eigenvalue weighted by Crippen LogP contribution is -2.17. The lowest BCUT2D eigenvalue weighted by molar-refractivity contribution is 0.580. The number of nitrogens with two attached hydrogens (primary N) is 1. The summed E-state index contributed by atoms with van der Waals surface area (Å²) in [7, 11) is 0. The zero-order chi connectivity index (χ0) is 13.8. The summed E-state index contributed by atoms with van der Waals surface area (Å²) < 4.78 is 2.99. The Morgan fingerprint density at radius 2 is 2.16 bits per heavy atom. The first-order valence-corrected chi connectivity index (χ1v) is 7.36. The van der Waals surface area contributed by atoms with Gasteiger partial charge in [0.1, 0.15) is 0 Å². The third kappa shape index (κ3) is 3.42. The Labute approximate surface area is 122 Å². The molecule has 0 fully saturated rings. The lowest BCUT2D eigenvalue weighted by atomic mass is 10.1. The van der Waals surface area contributed by atoms with Crippen molar-refractivity contribution < 1.29 is 0 Å². The van der Waals surface area contributed by atoms with Crippen molar-refractivity contribution in [2.24, 2.45) is 5.73 Å². The molecule has 0 spiro atoms. The van der Waals surface area contributed by atoms with Crippen LogP contribution >= 0.6 is 15.9 Å². The van der Waals surface area contributed by atoms with E-state index in [1.165, 1.54) is 5.69 Å². The molecule has 2 rings (SSSR count). The third-order valence-corrected chi connectivity index (χ3v) is 3.60. The smallest absolute Gasteiger partial charge is 0.0624 e. The van der Waals surface area contributed by atoms with Gasteiger partial charge in [-0.25, -0.2) is 0 Å². The fourth-order valence-electron chi connectivity index (χ4n) is 2.06. The van der Waals surface area contributed by atoms with Gasteiger partial charge in [0.25, 0.3) is 0 Å². The molecule has 2 heterocycles. The van der Waals surface area contributed by atoms with Crippen LogP contribution in [-0.4, -0.2) is 14.8 Å². The monoisotopic (exact) mass is 322 g/mol. The molecule has 1 atom stereocenters. The van der Waals surface area contributed by atoms with Crippen molar-refractivity contribution in [2.45, 2.75) is 39.3 Å². The molecule has 0 amide bonds. The van der Waals surface area contributed by atoms with Crippen molar-refractivity contribution in [1.29, 1.82) is 0 Å². The van der Waals surface area contributed by atoms with Crippen molar-refractivity contribution >= 4 is 15.9 Å². The molecule has 0 aliphatic heterocycles. The second-order valence-corrected chi connectivity index (χ2v) is 5.42.